The van der Waals surface area contributed by atoms with E-state index in [1.807, 2.05) is 0 Å². The Kier molecular flexibility index (Phi) is 3.40. The first-order chi connectivity index (χ1) is 8.77. The molecule has 3 rings (SSSR count). The molecule has 0 aliphatic heterocycles. The number of fused-ring (bicyclic) bond motifs is 2. The maximum atomic E-state index is 6.57. The number of halogens is 1. The van der Waals surface area contributed by atoms with E-state index in [4.69, 9.17) is 11.6 Å². The van der Waals surface area contributed by atoms with Crippen LogP contribution >= 0.6 is 11.6 Å². The minimum atomic E-state index is 0.225. The van der Waals surface area contributed by atoms with Crippen LogP contribution in [0.15, 0.2) is 34.4 Å². The molecule has 1 saturated carbocycles. The molecule has 3 atom stereocenters. The molecule has 0 radical (unpaired) electrons. The third-order valence-electron chi connectivity index (χ3n) is 5.04. The van der Waals surface area contributed by atoms with Gasteiger partial charge in [0.1, 0.15) is 0 Å². The predicted octanol–water partition coefficient (Wildman–Crippen LogP) is 5.40. The first-order valence-electron chi connectivity index (χ1n) is 7.54. The number of rotatable bonds is 2. The van der Waals surface area contributed by atoms with Gasteiger partial charge in [0.05, 0.1) is 5.38 Å². The minimum Gasteiger partial charge on any atom is -0.118 e. The van der Waals surface area contributed by atoms with E-state index in [1.165, 1.54) is 38.5 Å². The second kappa shape index (κ2) is 4.89. The summed E-state index contributed by atoms with van der Waals surface area (Å²) in [5.41, 5.74) is 6.80. The molecule has 0 aromatic heterocycles. The van der Waals surface area contributed by atoms with Crippen LogP contribution < -0.4 is 0 Å². The summed E-state index contributed by atoms with van der Waals surface area (Å²) in [4.78, 5) is 0. The van der Waals surface area contributed by atoms with Crippen LogP contribution in [0.1, 0.15) is 52.4 Å². The highest BCUT2D eigenvalue weighted by molar-refractivity contribution is 6.22. The van der Waals surface area contributed by atoms with Crippen molar-refractivity contribution < 1.29 is 0 Å². The standard InChI is InChI=1S/C17H23Cl/c1-3-11-13-7-5-6-8-14(13)12(4-2)17-15(11)9-10-16(17)18/h9-10,15-17H,3-8H2,1-2H3. The molecule has 1 heteroatoms. The normalized spacial score (nSPS) is 34.9. The van der Waals surface area contributed by atoms with E-state index >= 15 is 0 Å². The highest BCUT2D eigenvalue weighted by atomic mass is 35.5. The number of hydrogen-bond acceptors (Lipinski definition) is 0. The van der Waals surface area contributed by atoms with Crippen LogP contribution in [0.25, 0.3) is 0 Å². The van der Waals surface area contributed by atoms with E-state index in [-0.39, 0.29) is 5.38 Å². The van der Waals surface area contributed by atoms with Crippen LogP contribution in [0.2, 0.25) is 0 Å². The van der Waals surface area contributed by atoms with E-state index in [2.05, 4.69) is 26.0 Å². The summed E-state index contributed by atoms with van der Waals surface area (Å²) in [7, 11) is 0. The van der Waals surface area contributed by atoms with Crippen molar-refractivity contribution in [3.63, 3.8) is 0 Å². The Morgan fingerprint density at radius 1 is 1.00 bits per heavy atom. The van der Waals surface area contributed by atoms with E-state index in [0.717, 1.165) is 0 Å². The van der Waals surface area contributed by atoms with Crippen LogP contribution in [0.4, 0.5) is 0 Å². The van der Waals surface area contributed by atoms with Crippen molar-refractivity contribution in [1.82, 2.24) is 0 Å². The molecular weight excluding hydrogens is 240 g/mol. The van der Waals surface area contributed by atoms with Gasteiger partial charge in [-0.3, -0.25) is 0 Å². The van der Waals surface area contributed by atoms with E-state index < -0.39 is 0 Å². The zero-order valence-corrected chi connectivity index (χ0v) is 12.3. The number of alkyl halides is 1. The van der Waals surface area contributed by atoms with Gasteiger partial charge in [-0.2, -0.15) is 0 Å². The van der Waals surface area contributed by atoms with Crippen molar-refractivity contribution in [2.75, 3.05) is 0 Å². The maximum absolute atomic E-state index is 6.57. The molecule has 3 aliphatic carbocycles. The SMILES string of the molecule is CCC1=C2CCCCC2=C(CC)C2C(Cl)C=CC12. The second-order valence-electron chi connectivity index (χ2n) is 5.80. The van der Waals surface area contributed by atoms with Gasteiger partial charge < -0.3 is 0 Å². The Balaban J connectivity index is 2.13. The van der Waals surface area contributed by atoms with Crippen molar-refractivity contribution >= 4 is 11.6 Å². The first kappa shape index (κ1) is 12.5. The molecule has 0 N–H and O–H groups in total. The molecule has 1 fully saturated rings. The summed E-state index contributed by atoms with van der Waals surface area (Å²) < 4.78 is 0. The van der Waals surface area contributed by atoms with Crippen molar-refractivity contribution in [3.8, 4) is 0 Å². The topological polar surface area (TPSA) is 0 Å². The first-order valence-corrected chi connectivity index (χ1v) is 7.98. The molecule has 98 valence electrons. The highest BCUT2D eigenvalue weighted by Crippen LogP contribution is 2.51. The van der Waals surface area contributed by atoms with Gasteiger partial charge in [-0.05, 0) is 49.7 Å². The van der Waals surface area contributed by atoms with Gasteiger partial charge in [-0.25, -0.2) is 0 Å². The zero-order chi connectivity index (χ0) is 12.7. The highest BCUT2D eigenvalue weighted by Gasteiger charge is 2.40. The summed E-state index contributed by atoms with van der Waals surface area (Å²) in [6.07, 6.45) is 12.4. The van der Waals surface area contributed by atoms with E-state index in [9.17, 15) is 0 Å². The van der Waals surface area contributed by atoms with Gasteiger partial charge in [0, 0.05) is 11.8 Å². The molecule has 0 aromatic carbocycles. The number of hydrogen-bond donors (Lipinski definition) is 0. The van der Waals surface area contributed by atoms with Crippen LogP contribution in [0, 0.1) is 11.8 Å². The van der Waals surface area contributed by atoms with Gasteiger partial charge >= 0.3 is 0 Å². The minimum absolute atomic E-state index is 0.225. The number of allylic oxidation sites excluding steroid dienone is 6. The molecule has 0 spiro atoms. The Labute approximate surface area is 116 Å². The fourth-order valence-corrected chi connectivity index (χ4v) is 4.71. The molecule has 3 unspecified atom stereocenters. The van der Waals surface area contributed by atoms with Crippen molar-refractivity contribution in [2.24, 2.45) is 11.8 Å². The van der Waals surface area contributed by atoms with Crippen LogP contribution in [0.3, 0.4) is 0 Å². The van der Waals surface area contributed by atoms with Crippen LogP contribution in [-0.2, 0) is 0 Å². The molecule has 3 aliphatic rings. The molecule has 0 bridgehead atoms. The lowest BCUT2D eigenvalue weighted by Gasteiger charge is -2.38. The van der Waals surface area contributed by atoms with Gasteiger partial charge in [0.15, 0.2) is 0 Å². The van der Waals surface area contributed by atoms with Crippen LogP contribution in [0.5, 0.6) is 0 Å². The van der Waals surface area contributed by atoms with Crippen molar-refractivity contribution in [1.29, 1.82) is 0 Å². The summed E-state index contributed by atoms with van der Waals surface area (Å²) in [6, 6.07) is 0. The van der Waals surface area contributed by atoms with Gasteiger partial charge in [-0.1, -0.05) is 37.1 Å². The second-order valence-corrected chi connectivity index (χ2v) is 6.31. The van der Waals surface area contributed by atoms with Crippen molar-refractivity contribution in [3.05, 3.63) is 34.4 Å². The average Bonchev–Trinajstić information content (AvgIpc) is 2.78. The lowest BCUT2D eigenvalue weighted by Crippen LogP contribution is -2.27. The summed E-state index contributed by atoms with van der Waals surface area (Å²) in [5, 5.41) is 0.225. The summed E-state index contributed by atoms with van der Waals surface area (Å²) >= 11 is 6.57. The smallest absolute Gasteiger partial charge is 0.0590 e. The zero-order valence-electron chi connectivity index (χ0n) is 11.5. The molecular formula is C17H23Cl. The fraction of sp³-hybridized carbons (Fsp3) is 0.647. The van der Waals surface area contributed by atoms with Crippen LogP contribution in [-0.4, -0.2) is 5.38 Å². The third-order valence-corrected chi connectivity index (χ3v) is 5.46. The van der Waals surface area contributed by atoms with Crippen molar-refractivity contribution in [2.45, 2.75) is 57.7 Å². The predicted molar refractivity (Wildman–Crippen MR) is 78.9 cm³/mol. The molecule has 0 heterocycles. The largest absolute Gasteiger partial charge is 0.118 e. The molecule has 0 aromatic rings. The Hall–Kier alpha value is -0.490. The quantitative estimate of drug-likeness (QED) is 0.462. The Bertz CT molecular complexity index is 439. The Morgan fingerprint density at radius 3 is 2.22 bits per heavy atom. The van der Waals surface area contributed by atoms with Gasteiger partial charge in [0.25, 0.3) is 0 Å². The van der Waals surface area contributed by atoms with E-state index in [0.29, 0.717) is 11.8 Å². The lowest BCUT2D eigenvalue weighted by molar-refractivity contribution is 0.483. The lowest BCUT2D eigenvalue weighted by atomic mass is 9.67. The van der Waals surface area contributed by atoms with E-state index in [1.54, 1.807) is 22.3 Å². The Morgan fingerprint density at radius 2 is 1.61 bits per heavy atom. The van der Waals surface area contributed by atoms with Gasteiger partial charge in [0.2, 0.25) is 0 Å². The summed E-state index contributed by atoms with van der Waals surface area (Å²) in [5.74, 6) is 1.19. The molecule has 0 nitrogen and oxygen atoms in total. The van der Waals surface area contributed by atoms with Gasteiger partial charge in [-0.15, -0.1) is 11.6 Å². The molecule has 0 saturated heterocycles. The monoisotopic (exact) mass is 262 g/mol. The third kappa shape index (κ3) is 1.72. The summed E-state index contributed by atoms with van der Waals surface area (Å²) in [6.45, 7) is 4.63. The molecule has 18 heavy (non-hydrogen) atoms. The molecule has 0 amide bonds. The average molecular weight is 263 g/mol. The maximum Gasteiger partial charge on any atom is 0.0590 e. The fourth-order valence-electron chi connectivity index (χ4n) is 4.32.